The third kappa shape index (κ3) is 5.63. The van der Waals surface area contributed by atoms with Gasteiger partial charge in [0.1, 0.15) is 5.82 Å². The molecule has 0 amide bonds. The van der Waals surface area contributed by atoms with E-state index in [1.54, 1.807) is 46.0 Å². The van der Waals surface area contributed by atoms with Crippen LogP contribution in [0.25, 0.3) is 0 Å². The number of hydrogen-bond donors (Lipinski definition) is 1. The van der Waals surface area contributed by atoms with Crippen molar-refractivity contribution in [3.63, 3.8) is 0 Å². The number of benzene rings is 1. The summed E-state index contributed by atoms with van der Waals surface area (Å²) in [5.74, 6) is -0.494. The van der Waals surface area contributed by atoms with Crippen molar-refractivity contribution < 1.29 is 23.0 Å². The highest BCUT2D eigenvalue weighted by Crippen LogP contribution is 2.62. The number of halogens is 1. The van der Waals surface area contributed by atoms with Crippen molar-refractivity contribution in [3.05, 3.63) is 60.0 Å². The van der Waals surface area contributed by atoms with Crippen molar-refractivity contribution in [2.45, 2.75) is 45.7 Å². The normalized spacial score (nSPS) is 13.2. The van der Waals surface area contributed by atoms with Crippen molar-refractivity contribution in [2.24, 2.45) is 0 Å². The monoisotopic (exact) mass is 367 g/mol. The second kappa shape index (κ2) is 8.56. The zero-order valence-corrected chi connectivity index (χ0v) is 15.8. The molecule has 0 aliphatic heterocycles. The van der Waals surface area contributed by atoms with Crippen LogP contribution in [0.3, 0.4) is 0 Å². The van der Waals surface area contributed by atoms with Crippen LogP contribution >= 0.6 is 7.60 Å². The van der Waals surface area contributed by atoms with E-state index >= 15 is 0 Å². The predicted molar refractivity (Wildman–Crippen MR) is 95.8 cm³/mol. The van der Waals surface area contributed by atoms with E-state index in [0.717, 1.165) is 0 Å². The molecule has 1 atom stereocenters. The molecule has 1 aromatic carbocycles. The van der Waals surface area contributed by atoms with Gasteiger partial charge in [0.15, 0.2) is 0 Å². The lowest BCUT2D eigenvalue weighted by atomic mass is 10.2. The molecule has 0 radical (unpaired) electrons. The summed E-state index contributed by atoms with van der Waals surface area (Å²) >= 11 is 0. The molecule has 25 heavy (non-hydrogen) atoms. The fraction of sp³-hybridized carbons (Fsp3) is 0.389. The van der Waals surface area contributed by atoms with Gasteiger partial charge in [0.05, 0.1) is 18.4 Å². The summed E-state index contributed by atoms with van der Waals surface area (Å²) < 4.78 is 38.4. The van der Waals surface area contributed by atoms with Crippen molar-refractivity contribution >= 4 is 13.4 Å². The van der Waals surface area contributed by atoms with Crippen molar-refractivity contribution in [1.82, 2.24) is 0 Å². The maximum absolute atomic E-state index is 13.6. The first-order valence-corrected chi connectivity index (χ1v) is 9.86. The summed E-state index contributed by atoms with van der Waals surface area (Å²) in [7, 11) is -3.60. The van der Waals surface area contributed by atoms with Crippen LogP contribution in [0.2, 0.25) is 0 Å². The number of nitrogens with one attached hydrogen (secondary N) is 2. The summed E-state index contributed by atoms with van der Waals surface area (Å²) in [5, 5.41) is 3.17. The minimum absolute atomic E-state index is 0.297. The van der Waals surface area contributed by atoms with Crippen LogP contribution in [0.15, 0.2) is 48.7 Å². The molecule has 5 nitrogen and oxygen atoms in total. The van der Waals surface area contributed by atoms with Crippen molar-refractivity contribution in [2.75, 3.05) is 5.32 Å². The molecule has 1 aromatic heterocycles. The Balaban J connectivity index is 2.46. The maximum Gasteiger partial charge on any atom is 0.379 e. The lowest BCUT2D eigenvalue weighted by Crippen LogP contribution is -2.22. The van der Waals surface area contributed by atoms with E-state index in [-0.39, 0.29) is 18.0 Å². The summed E-state index contributed by atoms with van der Waals surface area (Å²) in [4.78, 5) is 3.04. The minimum Gasteiger partial charge on any atom is -0.303 e. The molecule has 0 saturated carbocycles. The average molecular weight is 367 g/mol. The second-order valence-corrected chi connectivity index (χ2v) is 8.24. The van der Waals surface area contributed by atoms with Gasteiger partial charge in [0.25, 0.3) is 5.82 Å². The van der Waals surface area contributed by atoms with Gasteiger partial charge in [0, 0.05) is 11.6 Å². The largest absolute Gasteiger partial charge is 0.379 e. The molecule has 0 saturated heterocycles. The van der Waals surface area contributed by atoms with Gasteiger partial charge in [0.2, 0.25) is 5.78 Å². The molecule has 0 fully saturated rings. The van der Waals surface area contributed by atoms with Crippen LogP contribution < -0.4 is 10.3 Å². The predicted octanol–water partition coefficient (Wildman–Crippen LogP) is 4.79. The topological polar surface area (TPSA) is 61.7 Å². The summed E-state index contributed by atoms with van der Waals surface area (Å²) in [6.45, 7) is 7.19. The molecule has 2 aromatic rings. The molecule has 2 rings (SSSR count). The molecular formula is C18H25FN2O3P+. The smallest absolute Gasteiger partial charge is 0.303 e. The quantitative estimate of drug-likeness (QED) is 0.681. The molecule has 0 aliphatic rings. The van der Waals surface area contributed by atoms with E-state index in [0.29, 0.717) is 11.4 Å². The fourth-order valence-corrected chi connectivity index (χ4v) is 4.66. The first kappa shape index (κ1) is 19.6. The Bertz CT molecular complexity index is 694. The van der Waals surface area contributed by atoms with E-state index in [4.69, 9.17) is 9.05 Å². The van der Waals surface area contributed by atoms with E-state index in [9.17, 15) is 8.96 Å². The van der Waals surface area contributed by atoms with Gasteiger partial charge in [-0.05, 0) is 45.9 Å². The Kier molecular flexibility index (Phi) is 6.71. The van der Waals surface area contributed by atoms with Gasteiger partial charge in [-0.15, -0.1) is 0 Å². The first-order valence-electron chi connectivity index (χ1n) is 8.25. The van der Waals surface area contributed by atoms with E-state index < -0.39 is 13.4 Å². The van der Waals surface area contributed by atoms with Gasteiger partial charge in [-0.3, -0.25) is 9.88 Å². The first-order chi connectivity index (χ1) is 11.8. The lowest BCUT2D eigenvalue weighted by molar-refractivity contribution is -0.361. The number of hydrogen-bond acceptors (Lipinski definition) is 4. The Hall–Kier alpha value is -1.75. The van der Waals surface area contributed by atoms with Gasteiger partial charge in [-0.2, -0.15) is 0 Å². The standard InChI is InChI=1S/C18H24FN2O3P/c1-13(2)23-25(22,24-14(3)4)18(15-8-10-16(19)11-9-15)21-17-7-5-6-12-20-17/h5-14,18H,1-4H3,(H,20,21)/p+1/t18-/m1/s1. The van der Waals surface area contributed by atoms with Gasteiger partial charge >= 0.3 is 7.60 Å². The summed E-state index contributed by atoms with van der Waals surface area (Å²) in [6, 6.07) is 11.3. The van der Waals surface area contributed by atoms with Crippen LogP contribution in [0.1, 0.15) is 39.0 Å². The molecule has 0 bridgehead atoms. The molecule has 2 N–H and O–H groups in total. The zero-order valence-electron chi connectivity index (χ0n) is 14.9. The van der Waals surface area contributed by atoms with Crippen LogP contribution in [0.4, 0.5) is 10.2 Å². The second-order valence-electron chi connectivity index (χ2n) is 6.22. The number of aromatic nitrogens is 1. The molecule has 0 aliphatic carbocycles. The minimum atomic E-state index is -3.60. The highest BCUT2D eigenvalue weighted by Gasteiger charge is 2.43. The van der Waals surface area contributed by atoms with Gasteiger partial charge in [-0.25, -0.2) is 9.37 Å². The average Bonchev–Trinajstić information content (AvgIpc) is 2.53. The van der Waals surface area contributed by atoms with Gasteiger partial charge in [-0.1, -0.05) is 18.2 Å². The molecule has 1 heterocycles. The Labute approximate surface area is 148 Å². The van der Waals surface area contributed by atoms with Crippen molar-refractivity contribution in [3.8, 4) is 0 Å². The van der Waals surface area contributed by atoms with Crippen LogP contribution in [0, 0.1) is 5.82 Å². The Morgan fingerprint density at radius 3 is 2.08 bits per heavy atom. The van der Waals surface area contributed by atoms with E-state index in [1.165, 1.54) is 12.1 Å². The molecular weight excluding hydrogens is 342 g/mol. The third-order valence-corrected chi connectivity index (χ3v) is 5.71. The highest BCUT2D eigenvalue weighted by molar-refractivity contribution is 7.54. The van der Waals surface area contributed by atoms with Crippen molar-refractivity contribution in [1.29, 1.82) is 0 Å². The van der Waals surface area contributed by atoms with Crippen LogP contribution in [-0.4, -0.2) is 12.2 Å². The van der Waals surface area contributed by atoms with E-state index in [2.05, 4.69) is 10.3 Å². The molecule has 136 valence electrons. The van der Waals surface area contributed by atoms with Crippen LogP contribution in [-0.2, 0) is 13.6 Å². The third-order valence-electron chi connectivity index (χ3n) is 3.22. The Morgan fingerprint density at radius 1 is 1.00 bits per heavy atom. The number of aromatic amines is 1. The molecule has 7 heteroatoms. The van der Waals surface area contributed by atoms with Gasteiger partial charge < -0.3 is 9.05 Å². The maximum atomic E-state index is 13.6. The zero-order chi connectivity index (χ0) is 18.4. The number of pyridine rings is 1. The van der Waals surface area contributed by atoms with E-state index in [1.807, 2.05) is 18.2 Å². The highest BCUT2D eigenvalue weighted by atomic mass is 31.2. The SMILES string of the molecule is CC(C)OP(=O)(OC(C)C)[C@@H](Nc1cccc[nH+]1)c1ccc(F)cc1. The van der Waals surface area contributed by atoms with Crippen LogP contribution in [0.5, 0.6) is 0 Å². The lowest BCUT2D eigenvalue weighted by Gasteiger charge is -2.28. The molecule has 0 spiro atoms. The number of rotatable bonds is 8. The Morgan fingerprint density at radius 2 is 1.60 bits per heavy atom. The molecule has 0 unspecified atom stereocenters. The summed E-state index contributed by atoms with van der Waals surface area (Å²) in [5.41, 5.74) is 0.614. The fourth-order valence-electron chi connectivity index (χ4n) is 2.35. The number of H-pyrrole nitrogens is 1. The summed E-state index contributed by atoms with van der Waals surface area (Å²) in [6.07, 6.45) is 1.16. The number of anilines is 1.